The highest BCUT2D eigenvalue weighted by Gasteiger charge is 2.09. The second kappa shape index (κ2) is 15.7. The van der Waals surface area contributed by atoms with E-state index in [1.54, 1.807) is 0 Å². The van der Waals surface area contributed by atoms with Crippen LogP contribution in [0.1, 0.15) is 75.8 Å². The summed E-state index contributed by atoms with van der Waals surface area (Å²) in [5.74, 6) is 5.73. The third-order valence-corrected chi connectivity index (χ3v) is 7.37. The van der Waals surface area contributed by atoms with Gasteiger partial charge < -0.3 is 4.57 Å². The van der Waals surface area contributed by atoms with Crippen LogP contribution >= 0.6 is 7.14 Å². The van der Waals surface area contributed by atoms with Crippen LogP contribution in [0, 0.1) is 0 Å². The second-order valence-electron chi connectivity index (χ2n) is 8.21. The first-order valence-electron chi connectivity index (χ1n) is 11.9. The zero-order valence-corrected chi connectivity index (χ0v) is 20.1. The average molecular weight is 435 g/mol. The number of unbranched alkanes of at least 4 members (excludes halogenated alkanes) is 8. The van der Waals surface area contributed by atoms with Gasteiger partial charge in [0.2, 0.25) is 0 Å². The standard InChI is InChI=1S/C29H39OP/c1-2-3-4-5-6-7-8-9-10-17-25-31(30,27-24-29-21-15-12-16-22-29)26-18-23-28-19-13-11-14-20-28/h11-22,24-27H,2-10,23H2,1H3/b25-17+,26-18+,27-24+. The molecular formula is C29H39OP. The van der Waals surface area contributed by atoms with Crippen molar-refractivity contribution in [3.05, 3.63) is 101 Å². The Kier molecular flexibility index (Phi) is 12.7. The molecule has 0 amide bonds. The van der Waals surface area contributed by atoms with Crippen LogP contribution in [0.3, 0.4) is 0 Å². The molecule has 0 N–H and O–H groups in total. The molecule has 2 aromatic carbocycles. The fourth-order valence-corrected chi connectivity index (χ4v) is 5.14. The van der Waals surface area contributed by atoms with Gasteiger partial charge in [-0.05, 0) is 47.8 Å². The van der Waals surface area contributed by atoms with Gasteiger partial charge in [0.05, 0.1) is 0 Å². The fourth-order valence-electron chi connectivity index (χ4n) is 3.52. The summed E-state index contributed by atoms with van der Waals surface area (Å²) in [5, 5.41) is 0. The summed E-state index contributed by atoms with van der Waals surface area (Å²) in [6.07, 6.45) is 18.5. The van der Waals surface area contributed by atoms with Crippen molar-refractivity contribution >= 4 is 13.2 Å². The molecule has 0 aromatic heterocycles. The first-order chi connectivity index (χ1) is 15.2. The Balaban J connectivity index is 1.88. The lowest BCUT2D eigenvalue weighted by Crippen LogP contribution is -1.80. The highest BCUT2D eigenvalue weighted by atomic mass is 31.2. The van der Waals surface area contributed by atoms with Crippen molar-refractivity contribution in [2.75, 3.05) is 0 Å². The summed E-state index contributed by atoms with van der Waals surface area (Å²) in [6, 6.07) is 20.4. The van der Waals surface area contributed by atoms with Crippen LogP contribution in [0.4, 0.5) is 0 Å². The first-order valence-corrected chi connectivity index (χ1v) is 13.9. The predicted molar refractivity (Wildman–Crippen MR) is 139 cm³/mol. The molecule has 0 aliphatic heterocycles. The lowest BCUT2D eigenvalue weighted by atomic mass is 10.1. The van der Waals surface area contributed by atoms with Gasteiger partial charge in [0, 0.05) is 0 Å². The van der Waals surface area contributed by atoms with E-state index in [1.807, 2.05) is 78.1 Å². The van der Waals surface area contributed by atoms with Crippen molar-refractivity contribution in [3.63, 3.8) is 0 Å². The zero-order valence-electron chi connectivity index (χ0n) is 19.2. The molecule has 0 bridgehead atoms. The van der Waals surface area contributed by atoms with Gasteiger partial charge in [-0.15, -0.1) is 0 Å². The van der Waals surface area contributed by atoms with Crippen molar-refractivity contribution in [1.29, 1.82) is 0 Å². The van der Waals surface area contributed by atoms with Crippen LogP contribution in [-0.4, -0.2) is 0 Å². The van der Waals surface area contributed by atoms with Crippen molar-refractivity contribution in [2.24, 2.45) is 0 Å². The summed E-state index contributed by atoms with van der Waals surface area (Å²) in [5.41, 5.74) is 2.32. The minimum atomic E-state index is -2.64. The number of benzene rings is 2. The van der Waals surface area contributed by atoms with E-state index in [4.69, 9.17) is 0 Å². The maximum absolute atomic E-state index is 13.6. The summed E-state index contributed by atoms with van der Waals surface area (Å²) in [7, 11) is -2.64. The highest BCUT2D eigenvalue weighted by Crippen LogP contribution is 2.51. The van der Waals surface area contributed by atoms with Crippen molar-refractivity contribution in [1.82, 2.24) is 0 Å². The maximum Gasteiger partial charge on any atom is 0.149 e. The second-order valence-corrected chi connectivity index (χ2v) is 10.6. The molecule has 0 heterocycles. The molecule has 166 valence electrons. The van der Waals surface area contributed by atoms with Crippen LogP contribution in [0.15, 0.2) is 90.3 Å². The SMILES string of the molecule is CCCCCCCCCC/C=C/P(=O)(/C=C/Cc1ccccc1)/C=C/c1ccccc1. The van der Waals surface area contributed by atoms with Gasteiger partial charge in [-0.1, -0.05) is 131 Å². The Bertz CT molecular complexity index is 834. The smallest absolute Gasteiger partial charge is 0.149 e. The molecule has 0 saturated carbocycles. The van der Waals surface area contributed by atoms with Crippen LogP contribution in [0.25, 0.3) is 6.08 Å². The van der Waals surface area contributed by atoms with Crippen LogP contribution < -0.4 is 0 Å². The Labute approximate surface area is 190 Å². The summed E-state index contributed by atoms with van der Waals surface area (Å²) >= 11 is 0. The molecule has 1 nitrogen and oxygen atoms in total. The van der Waals surface area contributed by atoms with Crippen LogP contribution in [0.5, 0.6) is 0 Å². The van der Waals surface area contributed by atoms with Gasteiger partial charge in [0.15, 0.2) is 0 Å². The van der Waals surface area contributed by atoms with E-state index in [1.165, 1.54) is 56.9 Å². The Morgan fingerprint density at radius 1 is 0.677 bits per heavy atom. The van der Waals surface area contributed by atoms with E-state index in [9.17, 15) is 4.57 Å². The third-order valence-electron chi connectivity index (χ3n) is 5.40. The molecule has 1 atom stereocenters. The fraction of sp³-hybridized carbons (Fsp3) is 0.379. The van der Waals surface area contributed by atoms with Gasteiger partial charge >= 0.3 is 0 Å². The molecule has 0 fully saturated rings. The van der Waals surface area contributed by atoms with E-state index < -0.39 is 7.14 Å². The van der Waals surface area contributed by atoms with E-state index in [0.717, 1.165) is 18.4 Å². The minimum Gasteiger partial charge on any atom is -0.311 e. The van der Waals surface area contributed by atoms with Gasteiger partial charge in [-0.25, -0.2) is 0 Å². The van der Waals surface area contributed by atoms with Gasteiger partial charge in [-0.2, -0.15) is 0 Å². The molecule has 2 rings (SSSR count). The topological polar surface area (TPSA) is 17.1 Å². The van der Waals surface area contributed by atoms with Crippen LogP contribution in [0.2, 0.25) is 0 Å². The maximum atomic E-state index is 13.6. The largest absolute Gasteiger partial charge is 0.311 e. The molecule has 0 aliphatic rings. The van der Waals surface area contributed by atoms with Gasteiger partial charge in [0.25, 0.3) is 0 Å². The van der Waals surface area contributed by atoms with E-state index >= 15 is 0 Å². The van der Waals surface area contributed by atoms with Crippen LogP contribution in [-0.2, 0) is 11.0 Å². The minimum absolute atomic E-state index is 0.801. The molecule has 0 radical (unpaired) electrons. The zero-order chi connectivity index (χ0) is 22.0. The molecule has 0 spiro atoms. The van der Waals surface area contributed by atoms with Crippen molar-refractivity contribution < 1.29 is 4.57 Å². The molecular weight excluding hydrogens is 395 g/mol. The molecule has 0 saturated heterocycles. The lowest BCUT2D eigenvalue weighted by molar-refractivity contribution is 0.577. The number of allylic oxidation sites excluding steroid dienone is 2. The summed E-state index contributed by atoms with van der Waals surface area (Å²) < 4.78 is 13.6. The average Bonchev–Trinajstić information content (AvgIpc) is 2.80. The van der Waals surface area contributed by atoms with E-state index in [2.05, 4.69) is 25.1 Å². The molecule has 31 heavy (non-hydrogen) atoms. The van der Waals surface area contributed by atoms with Gasteiger partial charge in [0.1, 0.15) is 7.14 Å². The Hall–Kier alpha value is -2.11. The molecule has 0 aliphatic carbocycles. The quantitative estimate of drug-likeness (QED) is 0.201. The van der Waals surface area contributed by atoms with E-state index in [-0.39, 0.29) is 0 Å². The predicted octanol–water partition coefficient (Wildman–Crippen LogP) is 9.82. The molecule has 2 aromatic rings. The summed E-state index contributed by atoms with van der Waals surface area (Å²) in [6.45, 7) is 2.26. The van der Waals surface area contributed by atoms with Crippen molar-refractivity contribution in [3.8, 4) is 0 Å². The third kappa shape index (κ3) is 11.7. The normalized spacial score (nSPS) is 14.0. The molecule has 2 heteroatoms. The summed E-state index contributed by atoms with van der Waals surface area (Å²) in [4.78, 5) is 0. The number of hydrogen-bond acceptors (Lipinski definition) is 1. The first kappa shape index (κ1) is 25.2. The lowest BCUT2D eigenvalue weighted by Gasteiger charge is -2.05. The Morgan fingerprint density at radius 3 is 1.94 bits per heavy atom. The monoisotopic (exact) mass is 434 g/mol. The number of rotatable bonds is 15. The highest BCUT2D eigenvalue weighted by molar-refractivity contribution is 7.73. The van der Waals surface area contributed by atoms with Crippen molar-refractivity contribution in [2.45, 2.75) is 71.1 Å². The molecule has 1 unspecified atom stereocenters. The van der Waals surface area contributed by atoms with E-state index in [0.29, 0.717) is 0 Å². The number of hydrogen-bond donors (Lipinski definition) is 0. The van der Waals surface area contributed by atoms with Gasteiger partial charge in [-0.3, -0.25) is 0 Å². The Morgan fingerprint density at radius 2 is 1.26 bits per heavy atom.